The van der Waals surface area contributed by atoms with Gasteiger partial charge in [0.1, 0.15) is 0 Å². The van der Waals surface area contributed by atoms with Crippen LogP contribution in [-0.4, -0.2) is 42.2 Å². The summed E-state index contributed by atoms with van der Waals surface area (Å²) < 4.78 is 20.8. The number of rotatable bonds is 8. The zero-order valence-corrected chi connectivity index (χ0v) is 11.3. The van der Waals surface area contributed by atoms with E-state index in [1.165, 1.54) is 0 Å². The Hall–Kier alpha value is -0.693. The van der Waals surface area contributed by atoms with E-state index in [1.54, 1.807) is 21.3 Å². The molecule has 0 aromatic heterocycles. The van der Waals surface area contributed by atoms with E-state index in [-0.39, 0.29) is 6.10 Å². The number of carbonyl (C=O) groups is 1. The summed E-state index contributed by atoms with van der Waals surface area (Å²) in [5.41, 5.74) is 0. The van der Waals surface area contributed by atoms with Gasteiger partial charge in [-0.05, 0) is 13.3 Å². The molecule has 0 aromatic carbocycles. The Morgan fingerprint density at radius 2 is 1.81 bits per heavy atom. The zero-order chi connectivity index (χ0) is 12.6. The molecule has 0 spiro atoms. The Labute approximate surface area is 97.7 Å². The van der Waals surface area contributed by atoms with Gasteiger partial charge in [-0.1, -0.05) is 6.58 Å². The molecular weight excluding hydrogens is 228 g/mol. The first-order valence-corrected chi connectivity index (χ1v) is 6.95. The largest absolute Gasteiger partial charge is 0.500 e. The van der Waals surface area contributed by atoms with Crippen molar-refractivity contribution in [1.82, 2.24) is 0 Å². The molecule has 0 radical (unpaired) electrons. The van der Waals surface area contributed by atoms with Crippen molar-refractivity contribution in [3.63, 3.8) is 0 Å². The van der Waals surface area contributed by atoms with Crippen molar-refractivity contribution in [3.8, 4) is 0 Å². The van der Waals surface area contributed by atoms with Gasteiger partial charge in [-0.3, -0.25) is 0 Å². The predicted octanol–water partition coefficient (Wildman–Crippen LogP) is 1.37. The van der Waals surface area contributed by atoms with Crippen molar-refractivity contribution in [1.29, 1.82) is 0 Å². The van der Waals surface area contributed by atoms with Gasteiger partial charge < -0.3 is 18.0 Å². The minimum atomic E-state index is -2.56. The third kappa shape index (κ3) is 4.89. The summed E-state index contributed by atoms with van der Waals surface area (Å²) in [5.74, 6) is -0.424. The van der Waals surface area contributed by atoms with Crippen molar-refractivity contribution in [2.45, 2.75) is 25.5 Å². The Morgan fingerprint density at radius 3 is 2.19 bits per heavy atom. The van der Waals surface area contributed by atoms with E-state index in [1.807, 2.05) is 6.92 Å². The summed E-state index contributed by atoms with van der Waals surface area (Å²) >= 11 is 0. The van der Waals surface area contributed by atoms with Crippen molar-refractivity contribution in [3.05, 3.63) is 12.7 Å². The fourth-order valence-electron chi connectivity index (χ4n) is 1.24. The number of hydrogen-bond acceptors (Lipinski definition) is 5. The van der Waals surface area contributed by atoms with Crippen molar-refractivity contribution < 1.29 is 22.8 Å². The van der Waals surface area contributed by atoms with Gasteiger partial charge in [-0.2, -0.15) is 0 Å². The van der Waals surface area contributed by atoms with Crippen molar-refractivity contribution >= 4 is 14.8 Å². The summed E-state index contributed by atoms with van der Waals surface area (Å²) in [4.78, 5) is 10.9. The van der Waals surface area contributed by atoms with Crippen LogP contribution < -0.4 is 0 Å². The molecule has 1 atom stereocenters. The monoisotopic (exact) mass is 248 g/mol. The van der Waals surface area contributed by atoms with Gasteiger partial charge in [0.2, 0.25) is 0 Å². The standard InChI is InChI=1S/C10H20O5Si/c1-6-10(11)15-9(2)7-8-16(12-3,13-4)14-5/h6,9H,1,7-8H2,2-5H3. The zero-order valence-electron chi connectivity index (χ0n) is 10.3. The quantitative estimate of drug-likeness (QED) is 0.369. The summed E-state index contributed by atoms with van der Waals surface area (Å²) in [6.07, 6.45) is 1.56. The number of carbonyl (C=O) groups excluding carboxylic acids is 1. The molecule has 6 heteroatoms. The lowest BCUT2D eigenvalue weighted by Gasteiger charge is -2.25. The molecule has 0 amide bonds. The molecule has 0 aliphatic heterocycles. The molecule has 0 aliphatic rings. The molecule has 0 bridgehead atoms. The van der Waals surface area contributed by atoms with Crippen LogP contribution in [0.2, 0.25) is 6.04 Å². The van der Waals surface area contributed by atoms with Gasteiger partial charge in [0.15, 0.2) is 0 Å². The van der Waals surface area contributed by atoms with Crippen molar-refractivity contribution in [2.24, 2.45) is 0 Å². The Bertz CT molecular complexity index is 219. The number of esters is 1. The molecule has 0 aliphatic carbocycles. The highest BCUT2D eigenvalue weighted by Crippen LogP contribution is 2.17. The SMILES string of the molecule is C=CC(=O)OC(C)CC[Si](OC)(OC)OC. The maximum atomic E-state index is 10.9. The molecule has 94 valence electrons. The van der Waals surface area contributed by atoms with Crippen LogP contribution >= 0.6 is 0 Å². The summed E-state index contributed by atoms with van der Waals surface area (Å²) in [6, 6.07) is 0.599. The molecule has 0 fully saturated rings. The summed E-state index contributed by atoms with van der Waals surface area (Å²) in [6.45, 7) is 5.14. The first kappa shape index (κ1) is 15.3. The van der Waals surface area contributed by atoms with Gasteiger partial charge >= 0.3 is 14.8 Å². The fourth-order valence-corrected chi connectivity index (χ4v) is 3.11. The van der Waals surface area contributed by atoms with E-state index < -0.39 is 14.8 Å². The van der Waals surface area contributed by atoms with Crippen LogP contribution in [0.25, 0.3) is 0 Å². The van der Waals surface area contributed by atoms with Gasteiger partial charge in [0.25, 0.3) is 0 Å². The molecule has 0 heterocycles. The molecular formula is C10H20O5Si. The predicted molar refractivity (Wildman–Crippen MR) is 62.0 cm³/mol. The number of hydrogen-bond donors (Lipinski definition) is 0. The highest BCUT2D eigenvalue weighted by molar-refractivity contribution is 6.60. The average molecular weight is 248 g/mol. The molecule has 16 heavy (non-hydrogen) atoms. The van der Waals surface area contributed by atoms with Crippen LogP contribution in [0, 0.1) is 0 Å². The lowest BCUT2D eigenvalue weighted by molar-refractivity contribution is -0.142. The van der Waals surface area contributed by atoms with E-state index in [9.17, 15) is 4.79 Å². The van der Waals surface area contributed by atoms with Gasteiger partial charge in [-0.15, -0.1) is 0 Å². The van der Waals surface area contributed by atoms with E-state index in [0.29, 0.717) is 12.5 Å². The van der Waals surface area contributed by atoms with Crippen LogP contribution in [0.15, 0.2) is 12.7 Å². The highest BCUT2D eigenvalue weighted by atomic mass is 28.4. The fraction of sp³-hybridized carbons (Fsp3) is 0.700. The summed E-state index contributed by atoms with van der Waals surface area (Å²) in [7, 11) is 2.11. The van der Waals surface area contributed by atoms with Gasteiger partial charge in [-0.25, -0.2) is 4.79 Å². The number of ether oxygens (including phenoxy) is 1. The Balaban J connectivity index is 4.10. The molecule has 0 N–H and O–H groups in total. The van der Waals surface area contributed by atoms with Gasteiger partial charge in [0.05, 0.1) is 6.10 Å². The van der Waals surface area contributed by atoms with Crippen LogP contribution in [0.1, 0.15) is 13.3 Å². The highest BCUT2D eigenvalue weighted by Gasteiger charge is 2.37. The second kappa shape index (κ2) is 7.56. The maximum Gasteiger partial charge on any atom is 0.500 e. The minimum absolute atomic E-state index is 0.210. The molecule has 1 unspecified atom stereocenters. The maximum absolute atomic E-state index is 10.9. The molecule has 0 aromatic rings. The smallest absolute Gasteiger partial charge is 0.460 e. The molecule has 5 nitrogen and oxygen atoms in total. The normalized spacial score (nSPS) is 13.2. The lowest BCUT2D eigenvalue weighted by atomic mass is 10.3. The third-order valence-electron chi connectivity index (χ3n) is 2.27. The lowest BCUT2D eigenvalue weighted by Crippen LogP contribution is -2.43. The van der Waals surface area contributed by atoms with Gasteiger partial charge in [0, 0.05) is 33.4 Å². The first-order chi connectivity index (χ1) is 7.53. The van der Waals surface area contributed by atoms with Crippen LogP contribution in [0.4, 0.5) is 0 Å². The Kier molecular flexibility index (Phi) is 7.23. The first-order valence-electron chi connectivity index (χ1n) is 5.02. The van der Waals surface area contributed by atoms with Crippen LogP contribution in [-0.2, 0) is 22.8 Å². The van der Waals surface area contributed by atoms with E-state index in [4.69, 9.17) is 18.0 Å². The van der Waals surface area contributed by atoms with E-state index in [2.05, 4.69) is 6.58 Å². The summed E-state index contributed by atoms with van der Waals surface area (Å²) in [5, 5.41) is 0. The van der Waals surface area contributed by atoms with Crippen LogP contribution in [0.3, 0.4) is 0 Å². The molecule has 0 saturated carbocycles. The third-order valence-corrected chi connectivity index (χ3v) is 5.04. The molecule has 0 saturated heterocycles. The van der Waals surface area contributed by atoms with Crippen LogP contribution in [0.5, 0.6) is 0 Å². The van der Waals surface area contributed by atoms with E-state index >= 15 is 0 Å². The van der Waals surface area contributed by atoms with E-state index in [0.717, 1.165) is 6.08 Å². The second-order valence-corrected chi connectivity index (χ2v) is 6.38. The molecule has 0 rings (SSSR count). The Morgan fingerprint density at radius 1 is 1.31 bits per heavy atom. The van der Waals surface area contributed by atoms with Crippen molar-refractivity contribution in [2.75, 3.05) is 21.3 Å². The topological polar surface area (TPSA) is 54.0 Å². The average Bonchev–Trinajstić information content (AvgIpc) is 2.31. The minimum Gasteiger partial charge on any atom is -0.460 e. The second-order valence-electron chi connectivity index (χ2n) is 3.29.